The molecule has 5 atom stereocenters. The number of carbonyl (C=O) groups is 2. The molecule has 4 rings (SSSR count). The van der Waals surface area contributed by atoms with Crippen LogP contribution in [0.2, 0.25) is 0 Å². The first kappa shape index (κ1) is 27.0. The van der Waals surface area contributed by atoms with Crippen molar-refractivity contribution in [3.05, 3.63) is 35.1 Å². The largest absolute Gasteiger partial charge is 0.391 e. The van der Waals surface area contributed by atoms with E-state index in [-0.39, 0.29) is 30.7 Å². The van der Waals surface area contributed by atoms with Gasteiger partial charge in [-0.05, 0) is 49.8 Å². The van der Waals surface area contributed by atoms with Crippen LogP contribution in [-0.4, -0.2) is 108 Å². The molecule has 3 aliphatic rings. The quantitative estimate of drug-likeness (QED) is 0.607. The molecule has 0 spiro atoms. The zero-order valence-corrected chi connectivity index (χ0v) is 21.4. The van der Waals surface area contributed by atoms with E-state index in [0.717, 1.165) is 12.8 Å². The molecule has 2 amide bonds. The maximum atomic E-state index is 14.8. The van der Waals surface area contributed by atoms with Crippen LogP contribution in [0.25, 0.3) is 0 Å². The molecule has 36 heavy (non-hydrogen) atoms. The number of carbonyl (C=O) groups excluding carboxylic acids is 2. The summed E-state index contributed by atoms with van der Waals surface area (Å²) in [6.07, 6.45) is 1.67. The summed E-state index contributed by atoms with van der Waals surface area (Å²) in [6, 6.07) is 4.89. The van der Waals surface area contributed by atoms with Gasteiger partial charge >= 0.3 is 0 Å². The summed E-state index contributed by atoms with van der Waals surface area (Å²) in [6.45, 7) is 5.30. The van der Waals surface area contributed by atoms with Crippen LogP contribution in [-0.2, 0) is 14.3 Å². The molecule has 0 aromatic heterocycles. The Hall–Kier alpha value is -2.07. The normalized spacial score (nSPS) is 29.9. The van der Waals surface area contributed by atoms with Crippen molar-refractivity contribution in [1.82, 2.24) is 14.7 Å². The van der Waals surface area contributed by atoms with Crippen molar-refractivity contribution in [2.75, 3.05) is 59.5 Å². The number of β-amino-alcohol motifs (C(OH)–C–C–N with tert-alkyl or cyclic N) is 2. The predicted octanol–water partition coefficient (Wildman–Crippen LogP) is 1.38. The fourth-order valence-corrected chi connectivity index (χ4v) is 6.20. The molecule has 0 radical (unpaired) electrons. The zero-order valence-electron chi connectivity index (χ0n) is 21.4. The molecule has 0 saturated carbocycles. The summed E-state index contributed by atoms with van der Waals surface area (Å²) in [5.74, 6) is -2.18. The van der Waals surface area contributed by atoms with Crippen molar-refractivity contribution < 1.29 is 28.9 Å². The second-order valence-electron chi connectivity index (χ2n) is 10.6. The Morgan fingerprint density at radius 3 is 2.03 bits per heavy atom. The van der Waals surface area contributed by atoms with Crippen LogP contribution in [0.15, 0.2) is 18.2 Å². The number of amides is 2. The maximum Gasteiger partial charge on any atom is 0.227 e. The molecule has 1 aromatic carbocycles. The number of aliphatic hydroxyl groups is 2. The van der Waals surface area contributed by atoms with Crippen molar-refractivity contribution in [2.24, 2.45) is 11.8 Å². The highest BCUT2D eigenvalue weighted by atomic mass is 19.1. The third-order valence-corrected chi connectivity index (χ3v) is 8.11. The number of rotatable bonds is 6. The average Bonchev–Trinajstić information content (AvgIpc) is 2.88. The molecule has 3 heterocycles. The minimum absolute atomic E-state index is 0.0963. The molecule has 3 aliphatic heterocycles. The van der Waals surface area contributed by atoms with Gasteiger partial charge in [0.05, 0.1) is 30.7 Å². The Balaban J connectivity index is 1.74. The topological polar surface area (TPSA) is 93.6 Å². The van der Waals surface area contributed by atoms with Gasteiger partial charge in [-0.3, -0.25) is 14.5 Å². The first-order valence-electron chi connectivity index (χ1n) is 13.2. The number of ether oxygens (including phenoxy) is 1. The summed E-state index contributed by atoms with van der Waals surface area (Å²) < 4.78 is 20.1. The lowest BCUT2D eigenvalue weighted by Gasteiger charge is -2.46. The lowest BCUT2D eigenvalue weighted by Crippen LogP contribution is -2.58. The highest BCUT2D eigenvalue weighted by molar-refractivity contribution is 5.85. The molecule has 8 nitrogen and oxygen atoms in total. The number of methoxy groups -OCH3 is 1. The second kappa shape index (κ2) is 12.0. The second-order valence-corrected chi connectivity index (χ2v) is 10.6. The van der Waals surface area contributed by atoms with E-state index in [1.54, 1.807) is 29.9 Å². The van der Waals surface area contributed by atoms with Crippen molar-refractivity contribution in [3.63, 3.8) is 0 Å². The summed E-state index contributed by atoms with van der Waals surface area (Å²) in [7, 11) is 1.62. The molecule has 3 fully saturated rings. The molecule has 1 aromatic rings. The van der Waals surface area contributed by atoms with E-state index in [0.29, 0.717) is 63.3 Å². The van der Waals surface area contributed by atoms with Gasteiger partial charge in [-0.25, -0.2) is 4.39 Å². The van der Waals surface area contributed by atoms with Gasteiger partial charge in [-0.15, -0.1) is 0 Å². The van der Waals surface area contributed by atoms with Gasteiger partial charge in [-0.2, -0.15) is 0 Å². The first-order valence-corrected chi connectivity index (χ1v) is 13.2. The number of piperidine rings is 3. The monoisotopic (exact) mass is 505 g/mol. The van der Waals surface area contributed by atoms with E-state index < -0.39 is 30.0 Å². The number of benzene rings is 1. The van der Waals surface area contributed by atoms with Crippen LogP contribution < -0.4 is 0 Å². The van der Waals surface area contributed by atoms with E-state index in [2.05, 4.69) is 4.90 Å². The van der Waals surface area contributed by atoms with Crippen LogP contribution in [0.3, 0.4) is 0 Å². The predicted molar refractivity (Wildman–Crippen MR) is 133 cm³/mol. The lowest BCUT2D eigenvalue weighted by molar-refractivity contribution is -0.148. The molecule has 3 unspecified atom stereocenters. The number of hydrogen-bond acceptors (Lipinski definition) is 6. The Bertz CT molecular complexity index is 887. The van der Waals surface area contributed by atoms with E-state index >= 15 is 0 Å². The molecular formula is C27H40FN3O5. The van der Waals surface area contributed by atoms with Crippen LogP contribution in [0, 0.1) is 24.6 Å². The number of halogens is 1. The molecule has 3 saturated heterocycles. The Kier molecular flexibility index (Phi) is 8.98. The standard InChI is InChI=1S/C27H40FN3O5/c1-18-21(8-3-9-24(18)28)25-22(26(34)30-10-4-6-19(32)14-30)16-29(12-13-36-2)17-23(25)27(35)31-11-5-7-20(33)15-31/h3,8-9,19-20,22-23,25,32-33H,4-7,10-17H2,1-2H3/t19?,20?,22-,23+,25?. The Morgan fingerprint density at radius 1 is 0.972 bits per heavy atom. The van der Waals surface area contributed by atoms with Crippen LogP contribution >= 0.6 is 0 Å². The summed E-state index contributed by atoms with van der Waals surface area (Å²) in [4.78, 5) is 33.5. The molecular weight excluding hydrogens is 465 g/mol. The van der Waals surface area contributed by atoms with E-state index in [4.69, 9.17) is 4.74 Å². The lowest BCUT2D eigenvalue weighted by atomic mass is 9.71. The summed E-state index contributed by atoms with van der Waals surface area (Å²) in [5.41, 5.74) is 1.15. The molecule has 0 bridgehead atoms. The summed E-state index contributed by atoms with van der Waals surface area (Å²) >= 11 is 0. The van der Waals surface area contributed by atoms with Crippen molar-refractivity contribution >= 4 is 11.8 Å². The number of aliphatic hydroxyl groups excluding tert-OH is 2. The first-order chi connectivity index (χ1) is 17.3. The molecule has 0 aliphatic carbocycles. The highest BCUT2D eigenvalue weighted by Gasteiger charge is 2.48. The molecule has 200 valence electrons. The van der Waals surface area contributed by atoms with Gasteiger partial charge in [0, 0.05) is 58.8 Å². The SMILES string of the molecule is COCCN1C[C@H](C(=O)N2CCCC(O)C2)C(c2cccc(F)c2C)[C@H](C(=O)N2CCCC(O)C2)C1. The maximum absolute atomic E-state index is 14.8. The van der Waals surface area contributed by atoms with Crippen molar-refractivity contribution in [2.45, 2.75) is 50.7 Å². The van der Waals surface area contributed by atoms with Gasteiger partial charge in [-0.1, -0.05) is 12.1 Å². The summed E-state index contributed by atoms with van der Waals surface area (Å²) in [5, 5.41) is 20.5. The number of nitrogens with zero attached hydrogens (tertiary/aromatic N) is 3. The van der Waals surface area contributed by atoms with Gasteiger partial charge < -0.3 is 24.7 Å². The van der Waals surface area contributed by atoms with Gasteiger partial charge in [0.2, 0.25) is 11.8 Å². The van der Waals surface area contributed by atoms with Gasteiger partial charge in [0.15, 0.2) is 0 Å². The zero-order chi connectivity index (χ0) is 25.8. The average molecular weight is 506 g/mol. The van der Waals surface area contributed by atoms with Crippen LogP contribution in [0.4, 0.5) is 4.39 Å². The van der Waals surface area contributed by atoms with E-state index in [9.17, 15) is 24.2 Å². The third kappa shape index (κ3) is 5.90. The van der Waals surface area contributed by atoms with Crippen LogP contribution in [0.1, 0.15) is 42.7 Å². The fourth-order valence-electron chi connectivity index (χ4n) is 6.20. The van der Waals surface area contributed by atoms with Gasteiger partial charge in [0.25, 0.3) is 0 Å². The van der Waals surface area contributed by atoms with E-state index in [1.807, 2.05) is 6.07 Å². The minimum atomic E-state index is -0.565. The molecule has 9 heteroatoms. The minimum Gasteiger partial charge on any atom is -0.391 e. The van der Waals surface area contributed by atoms with E-state index in [1.165, 1.54) is 6.07 Å². The van der Waals surface area contributed by atoms with Crippen molar-refractivity contribution in [3.8, 4) is 0 Å². The van der Waals surface area contributed by atoms with Crippen molar-refractivity contribution in [1.29, 1.82) is 0 Å². The fraction of sp³-hybridized carbons (Fsp3) is 0.704. The Morgan fingerprint density at radius 2 is 1.53 bits per heavy atom. The number of hydrogen-bond donors (Lipinski definition) is 2. The van der Waals surface area contributed by atoms with Crippen LogP contribution in [0.5, 0.6) is 0 Å². The molecule has 2 N–H and O–H groups in total. The Labute approximate surface area is 213 Å². The number of likely N-dealkylation sites (tertiary alicyclic amines) is 3. The van der Waals surface area contributed by atoms with Gasteiger partial charge in [0.1, 0.15) is 5.82 Å². The highest BCUT2D eigenvalue weighted by Crippen LogP contribution is 2.41. The smallest absolute Gasteiger partial charge is 0.227 e. The third-order valence-electron chi connectivity index (χ3n) is 8.11.